The number of benzene rings is 1. The van der Waals surface area contributed by atoms with E-state index in [1.165, 1.54) is 18.2 Å². The van der Waals surface area contributed by atoms with Gasteiger partial charge in [0.25, 0.3) is 0 Å². The van der Waals surface area contributed by atoms with Crippen LogP contribution >= 0.6 is 0 Å². The number of carbonyl (C=O) groups is 1. The SMILES string of the molecule is CC(C)(C)CC(=O)c1cccc(OC(F)(F)F)c1. The molecule has 18 heavy (non-hydrogen) atoms. The Bertz CT molecular complexity index is 431. The Morgan fingerprint density at radius 2 is 1.83 bits per heavy atom. The molecule has 0 spiro atoms. The van der Waals surface area contributed by atoms with Gasteiger partial charge in [0.2, 0.25) is 0 Å². The molecular weight excluding hydrogens is 245 g/mol. The third-order valence-electron chi connectivity index (χ3n) is 2.08. The van der Waals surface area contributed by atoms with Gasteiger partial charge in [-0.05, 0) is 17.5 Å². The molecular formula is C13H15F3O2. The maximum Gasteiger partial charge on any atom is 0.573 e. The van der Waals surface area contributed by atoms with Crippen LogP contribution in [0, 0.1) is 5.41 Å². The predicted octanol–water partition coefficient (Wildman–Crippen LogP) is 4.20. The minimum Gasteiger partial charge on any atom is -0.406 e. The fourth-order valence-electron chi connectivity index (χ4n) is 1.45. The molecule has 2 nitrogen and oxygen atoms in total. The van der Waals surface area contributed by atoms with Crippen LogP contribution in [-0.4, -0.2) is 12.1 Å². The van der Waals surface area contributed by atoms with E-state index in [1.807, 2.05) is 20.8 Å². The summed E-state index contributed by atoms with van der Waals surface area (Å²) in [4.78, 5) is 11.8. The van der Waals surface area contributed by atoms with Gasteiger partial charge in [-0.25, -0.2) is 0 Å². The van der Waals surface area contributed by atoms with Crippen LogP contribution in [0.2, 0.25) is 0 Å². The number of alkyl halides is 3. The molecule has 0 saturated heterocycles. The molecule has 0 aliphatic rings. The molecule has 1 rings (SSSR count). The van der Waals surface area contributed by atoms with Crippen molar-refractivity contribution < 1.29 is 22.7 Å². The van der Waals surface area contributed by atoms with E-state index < -0.39 is 6.36 Å². The number of ketones is 1. The van der Waals surface area contributed by atoms with E-state index in [0.717, 1.165) is 6.07 Å². The topological polar surface area (TPSA) is 26.3 Å². The molecule has 1 aromatic carbocycles. The second-order valence-electron chi connectivity index (χ2n) is 5.24. The zero-order valence-electron chi connectivity index (χ0n) is 10.5. The first-order valence-electron chi connectivity index (χ1n) is 5.46. The number of ether oxygens (including phenoxy) is 1. The second-order valence-corrected chi connectivity index (χ2v) is 5.24. The maximum atomic E-state index is 12.0. The second kappa shape index (κ2) is 5.00. The smallest absolute Gasteiger partial charge is 0.406 e. The molecule has 0 unspecified atom stereocenters. The van der Waals surface area contributed by atoms with Gasteiger partial charge in [0.1, 0.15) is 5.75 Å². The third-order valence-corrected chi connectivity index (χ3v) is 2.08. The molecule has 0 radical (unpaired) electrons. The van der Waals surface area contributed by atoms with E-state index in [-0.39, 0.29) is 28.9 Å². The van der Waals surface area contributed by atoms with E-state index in [0.29, 0.717) is 0 Å². The Hall–Kier alpha value is -1.52. The average Bonchev–Trinajstić information content (AvgIpc) is 2.12. The van der Waals surface area contributed by atoms with Crippen LogP contribution in [0.3, 0.4) is 0 Å². The van der Waals surface area contributed by atoms with Crippen LogP contribution in [0.15, 0.2) is 24.3 Å². The van der Waals surface area contributed by atoms with Crippen LogP contribution < -0.4 is 4.74 Å². The highest BCUT2D eigenvalue weighted by atomic mass is 19.4. The summed E-state index contributed by atoms with van der Waals surface area (Å²) in [7, 11) is 0. The number of hydrogen-bond donors (Lipinski definition) is 0. The summed E-state index contributed by atoms with van der Waals surface area (Å²) in [5.41, 5.74) is 0.0181. The van der Waals surface area contributed by atoms with Crippen LogP contribution in [0.1, 0.15) is 37.6 Å². The first kappa shape index (κ1) is 14.5. The molecule has 100 valence electrons. The Labute approximate surface area is 104 Å². The van der Waals surface area contributed by atoms with E-state index in [9.17, 15) is 18.0 Å². The zero-order chi connectivity index (χ0) is 14.0. The number of carbonyl (C=O) groups excluding carboxylic acids is 1. The van der Waals surface area contributed by atoms with Crippen molar-refractivity contribution in [3.05, 3.63) is 29.8 Å². The summed E-state index contributed by atoms with van der Waals surface area (Å²) in [6, 6.07) is 5.14. The van der Waals surface area contributed by atoms with Crippen molar-refractivity contribution in [2.45, 2.75) is 33.6 Å². The van der Waals surface area contributed by atoms with E-state index in [1.54, 1.807) is 0 Å². The van der Waals surface area contributed by atoms with Gasteiger partial charge in [0, 0.05) is 12.0 Å². The highest BCUT2D eigenvalue weighted by Gasteiger charge is 2.31. The van der Waals surface area contributed by atoms with Crippen molar-refractivity contribution in [3.8, 4) is 5.75 Å². The normalized spacial score (nSPS) is 12.3. The van der Waals surface area contributed by atoms with Gasteiger partial charge in [0.15, 0.2) is 5.78 Å². The fourth-order valence-corrected chi connectivity index (χ4v) is 1.45. The summed E-state index contributed by atoms with van der Waals surface area (Å²) < 4.78 is 39.9. The lowest BCUT2D eigenvalue weighted by Crippen LogP contribution is -2.18. The van der Waals surface area contributed by atoms with Gasteiger partial charge in [0.05, 0.1) is 0 Å². The highest BCUT2D eigenvalue weighted by Crippen LogP contribution is 2.26. The fraction of sp³-hybridized carbons (Fsp3) is 0.462. The summed E-state index contributed by atoms with van der Waals surface area (Å²) in [6.07, 6.45) is -4.48. The molecule has 0 saturated carbocycles. The Morgan fingerprint density at radius 1 is 1.22 bits per heavy atom. The van der Waals surface area contributed by atoms with E-state index in [2.05, 4.69) is 4.74 Å². The van der Waals surface area contributed by atoms with Crippen molar-refractivity contribution in [1.82, 2.24) is 0 Å². The monoisotopic (exact) mass is 260 g/mol. The minimum absolute atomic E-state index is 0.199. The number of hydrogen-bond acceptors (Lipinski definition) is 2. The lowest BCUT2D eigenvalue weighted by Gasteiger charge is -2.17. The minimum atomic E-state index is -4.74. The molecule has 0 aliphatic heterocycles. The largest absolute Gasteiger partial charge is 0.573 e. The van der Waals surface area contributed by atoms with Gasteiger partial charge >= 0.3 is 6.36 Å². The van der Waals surface area contributed by atoms with Crippen molar-refractivity contribution in [3.63, 3.8) is 0 Å². The lowest BCUT2D eigenvalue weighted by atomic mass is 9.88. The van der Waals surface area contributed by atoms with Gasteiger partial charge < -0.3 is 4.74 Å². The van der Waals surface area contributed by atoms with Crippen LogP contribution in [-0.2, 0) is 0 Å². The molecule has 5 heteroatoms. The van der Waals surface area contributed by atoms with Gasteiger partial charge in [-0.2, -0.15) is 0 Å². The summed E-state index contributed by atoms with van der Waals surface area (Å²) in [5.74, 6) is -0.572. The standard InChI is InChI=1S/C13H15F3O2/c1-12(2,3)8-11(17)9-5-4-6-10(7-9)18-13(14,15)16/h4-7H,8H2,1-3H3. The molecule has 0 aromatic heterocycles. The maximum absolute atomic E-state index is 12.0. The Balaban J connectivity index is 2.85. The van der Waals surface area contributed by atoms with Crippen molar-refractivity contribution in [1.29, 1.82) is 0 Å². The molecule has 0 bridgehead atoms. The Morgan fingerprint density at radius 3 is 2.33 bits per heavy atom. The average molecular weight is 260 g/mol. The van der Waals surface area contributed by atoms with Gasteiger partial charge in [-0.15, -0.1) is 13.2 Å². The van der Waals surface area contributed by atoms with Crippen LogP contribution in [0.5, 0.6) is 5.75 Å². The first-order chi connectivity index (χ1) is 8.07. The van der Waals surface area contributed by atoms with Crippen molar-refractivity contribution in [2.24, 2.45) is 5.41 Å². The first-order valence-corrected chi connectivity index (χ1v) is 5.46. The zero-order valence-corrected chi connectivity index (χ0v) is 10.5. The summed E-state index contributed by atoms with van der Waals surface area (Å²) in [5, 5.41) is 0. The summed E-state index contributed by atoms with van der Waals surface area (Å²) >= 11 is 0. The summed E-state index contributed by atoms with van der Waals surface area (Å²) in [6.45, 7) is 5.67. The van der Waals surface area contributed by atoms with Crippen LogP contribution in [0.4, 0.5) is 13.2 Å². The van der Waals surface area contributed by atoms with Crippen LogP contribution in [0.25, 0.3) is 0 Å². The lowest BCUT2D eigenvalue weighted by molar-refractivity contribution is -0.274. The molecule has 0 atom stereocenters. The Kier molecular flexibility index (Phi) is 4.04. The van der Waals surface area contributed by atoms with E-state index in [4.69, 9.17) is 0 Å². The van der Waals surface area contributed by atoms with Gasteiger partial charge in [-0.1, -0.05) is 32.9 Å². The molecule has 0 heterocycles. The van der Waals surface area contributed by atoms with E-state index >= 15 is 0 Å². The quantitative estimate of drug-likeness (QED) is 0.761. The molecule has 0 fully saturated rings. The number of rotatable bonds is 3. The van der Waals surface area contributed by atoms with Crippen molar-refractivity contribution in [2.75, 3.05) is 0 Å². The van der Waals surface area contributed by atoms with Crippen molar-refractivity contribution >= 4 is 5.78 Å². The molecule has 0 aliphatic carbocycles. The highest BCUT2D eigenvalue weighted by molar-refractivity contribution is 5.96. The number of halogens is 3. The number of Topliss-reactive ketones (excluding diaryl/α,β-unsaturated/α-hetero) is 1. The third kappa shape index (κ3) is 5.21. The molecule has 0 amide bonds. The van der Waals surface area contributed by atoms with Gasteiger partial charge in [-0.3, -0.25) is 4.79 Å². The molecule has 1 aromatic rings. The predicted molar refractivity (Wildman–Crippen MR) is 61.5 cm³/mol. The molecule has 0 N–H and O–H groups in total.